The van der Waals surface area contributed by atoms with E-state index in [0.29, 0.717) is 5.02 Å². The normalized spacial score (nSPS) is 11.0. The Morgan fingerprint density at radius 1 is 1.40 bits per heavy atom. The summed E-state index contributed by atoms with van der Waals surface area (Å²) < 4.78 is 1.92. The van der Waals surface area contributed by atoms with Gasteiger partial charge in [-0.1, -0.05) is 30.3 Å². The number of aromatic nitrogens is 3. The number of nitrogens with zero attached hydrogens (tertiary/aromatic N) is 3. The molecule has 2 heterocycles. The van der Waals surface area contributed by atoms with E-state index in [4.69, 9.17) is 11.6 Å². The van der Waals surface area contributed by atoms with Crippen molar-refractivity contribution in [3.8, 4) is 0 Å². The van der Waals surface area contributed by atoms with Crippen LogP contribution in [0.2, 0.25) is 5.02 Å². The van der Waals surface area contributed by atoms with E-state index < -0.39 is 0 Å². The number of halogens is 1. The van der Waals surface area contributed by atoms with Gasteiger partial charge in [-0.15, -0.1) is 0 Å². The molecule has 1 N–H and O–H groups in total. The van der Waals surface area contributed by atoms with E-state index in [1.54, 1.807) is 18.0 Å². The number of rotatable bonds is 6. The van der Waals surface area contributed by atoms with E-state index in [9.17, 15) is 0 Å². The highest BCUT2D eigenvalue weighted by Gasteiger charge is 2.14. The molecule has 2 aromatic heterocycles. The summed E-state index contributed by atoms with van der Waals surface area (Å²) in [5, 5.41) is 10.6. The highest BCUT2D eigenvalue weighted by Crippen LogP contribution is 2.30. The van der Waals surface area contributed by atoms with E-state index >= 15 is 0 Å². The van der Waals surface area contributed by atoms with Gasteiger partial charge in [-0.3, -0.25) is 4.68 Å². The molecule has 2 rings (SSSR count). The molecule has 0 unspecified atom stereocenters. The Balaban J connectivity index is 2.19. The van der Waals surface area contributed by atoms with Gasteiger partial charge in [-0.2, -0.15) is 5.10 Å². The molecule has 6 heteroatoms. The molecule has 4 nitrogen and oxygen atoms in total. The minimum absolute atomic E-state index is 0.653. The lowest BCUT2D eigenvalue weighted by atomic mass is 10.2. The second-order valence-electron chi connectivity index (χ2n) is 4.59. The number of hydrogen-bond acceptors (Lipinski definition) is 4. The minimum atomic E-state index is 0.653. The molecule has 20 heavy (non-hydrogen) atoms. The van der Waals surface area contributed by atoms with Gasteiger partial charge in [0.05, 0.1) is 10.7 Å². The second-order valence-corrected chi connectivity index (χ2v) is 6.03. The third-order valence-electron chi connectivity index (χ3n) is 2.92. The van der Waals surface area contributed by atoms with Gasteiger partial charge in [-0.05, 0) is 32.0 Å². The van der Waals surface area contributed by atoms with Gasteiger partial charge in [0.2, 0.25) is 0 Å². The van der Waals surface area contributed by atoms with Crippen molar-refractivity contribution >= 4 is 23.4 Å². The molecule has 0 fully saturated rings. The van der Waals surface area contributed by atoms with Crippen molar-refractivity contribution in [2.75, 3.05) is 6.54 Å². The summed E-state index contributed by atoms with van der Waals surface area (Å²) in [5.74, 6) is 0. The summed E-state index contributed by atoms with van der Waals surface area (Å²) in [7, 11) is 1.97. The van der Waals surface area contributed by atoms with Crippen molar-refractivity contribution < 1.29 is 0 Å². The first kappa shape index (κ1) is 15.4. The molecule has 0 aliphatic carbocycles. The van der Waals surface area contributed by atoms with E-state index in [1.165, 1.54) is 5.56 Å². The Bertz CT molecular complexity index is 565. The van der Waals surface area contributed by atoms with Crippen LogP contribution in [-0.2, 0) is 13.6 Å². The van der Waals surface area contributed by atoms with Gasteiger partial charge in [0.25, 0.3) is 0 Å². The molecule has 0 radical (unpaired) electrons. The predicted octanol–water partition coefficient (Wildman–Crippen LogP) is 3.43. The van der Waals surface area contributed by atoms with Crippen LogP contribution in [0.1, 0.15) is 24.6 Å². The molecule has 0 atom stereocenters. The Kier molecular flexibility index (Phi) is 5.46. The summed E-state index contributed by atoms with van der Waals surface area (Å²) in [6.45, 7) is 6.06. The van der Waals surface area contributed by atoms with Crippen molar-refractivity contribution in [3.63, 3.8) is 0 Å². The summed E-state index contributed by atoms with van der Waals surface area (Å²) >= 11 is 7.49. The fraction of sp³-hybridized carbons (Fsp3) is 0.429. The molecule has 108 valence electrons. The summed E-state index contributed by atoms with van der Waals surface area (Å²) in [5.41, 5.74) is 2.30. The summed E-state index contributed by atoms with van der Waals surface area (Å²) in [4.78, 5) is 4.33. The van der Waals surface area contributed by atoms with Crippen LogP contribution in [0, 0.1) is 6.92 Å². The molecule has 0 aliphatic heterocycles. The second kappa shape index (κ2) is 7.11. The monoisotopic (exact) mass is 310 g/mol. The van der Waals surface area contributed by atoms with Crippen molar-refractivity contribution in [2.45, 2.75) is 36.9 Å². The van der Waals surface area contributed by atoms with Crippen LogP contribution in [0.5, 0.6) is 0 Å². The quantitative estimate of drug-likeness (QED) is 0.830. The number of nitrogens with one attached hydrogen (secondary N) is 1. The highest BCUT2D eigenvalue weighted by molar-refractivity contribution is 7.99. The number of pyridine rings is 1. The predicted molar refractivity (Wildman–Crippen MR) is 83.3 cm³/mol. The Morgan fingerprint density at radius 3 is 2.85 bits per heavy atom. The molecular weight excluding hydrogens is 292 g/mol. The zero-order valence-corrected chi connectivity index (χ0v) is 13.6. The molecule has 0 spiro atoms. The average Bonchev–Trinajstić information content (AvgIpc) is 2.68. The maximum absolute atomic E-state index is 5.87. The van der Waals surface area contributed by atoms with Gasteiger partial charge in [0.15, 0.2) is 0 Å². The summed E-state index contributed by atoms with van der Waals surface area (Å²) in [6, 6.07) is 3.79. The fourth-order valence-corrected chi connectivity index (χ4v) is 2.99. The molecule has 0 aromatic carbocycles. The fourth-order valence-electron chi connectivity index (χ4n) is 1.92. The molecule has 0 saturated carbocycles. The van der Waals surface area contributed by atoms with Crippen molar-refractivity contribution in [1.82, 2.24) is 20.1 Å². The van der Waals surface area contributed by atoms with Gasteiger partial charge in [0.1, 0.15) is 10.1 Å². The first-order chi connectivity index (χ1) is 9.61. The SMILES string of the molecule is CCCNCc1c(C)nn(C)c1Sc1ccc(Cl)cn1. The third-order valence-corrected chi connectivity index (χ3v) is 4.30. The lowest BCUT2D eigenvalue weighted by Crippen LogP contribution is -2.14. The van der Waals surface area contributed by atoms with Crippen molar-refractivity contribution in [2.24, 2.45) is 7.05 Å². The van der Waals surface area contributed by atoms with Crippen LogP contribution in [0.15, 0.2) is 28.4 Å². The zero-order valence-electron chi connectivity index (χ0n) is 12.0. The topological polar surface area (TPSA) is 42.7 Å². The van der Waals surface area contributed by atoms with E-state index in [2.05, 4.69) is 22.3 Å². The number of aryl methyl sites for hydroxylation is 2. The van der Waals surface area contributed by atoms with E-state index in [1.807, 2.05) is 30.8 Å². The Hall–Kier alpha value is -1.04. The highest BCUT2D eigenvalue weighted by atomic mass is 35.5. The zero-order chi connectivity index (χ0) is 14.5. The average molecular weight is 311 g/mol. The molecule has 2 aromatic rings. The Labute approximate surface area is 128 Å². The Morgan fingerprint density at radius 2 is 2.20 bits per heavy atom. The van der Waals surface area contributed by atoms with Gasteiger partial charge in [-0.25, -0.2) is 4.98 Å². The lowest BCUT2D eigenvalue weighted by Gasteiger charge is -2.07. The lowest BCUT2D eigenvalue weighted by molar-refractivity contribution is 0.652. The van der Waals surface area contributed by atoms with Crippen LogP contribution in [-0.4, -0.2) is 21.3 Å². The molecule has 0 bridgehead atoms. The van der Waals surface area contributed by atoms with Crippen LogP contribution in [0.3, 0.4) is 0 Å². The molecular formula is C14H19ClN4S. The number of hydrogen-bond donors (Lipinski definition) is 1. The van der Waals surface area contributed by atoms with Gasteiger partial charge >= 0.3 is 0 Å². The first-order valence-corrected chi connectivity index (χ1v) is 7.84. The summed E-state index contributed by atoms with van der Waals surface area (Å²) in [6.07, 6.45) is 2.79. The van der Waals surface area contributed by atoms with Crippen LogP contribution >= 0.6 is 23.4 Å². The largest absolute Gasteiger partial charge is 0.313 e. The standard InChI is InChI=1S/C14H19ClN4S/c1-4-7-16-9-12-10(2)18-19(3)14(12)20-13-6-5-11(15)8-17-13/h5-6,8,16H,4,7,9H2,1-3H3. The smallest absolute Gasteiger partial charge is 0.105 e. The molecule has 0 amide bonds. The van der Waals surface area contributed by atoms with Crippen molar-refractivity contribution in [1.29, 1.82) is 0 Å². The maximum Gasteiger partial charge on any atom is 0.105 e. The minimum Gasteiger partial charge on any atom is -0.313 e. The van der Waals surface area contributed by atoms with Crippen LogP contribution in [0.25, 0.3) is 0 Å². The van der Waals surface area contributed by atoms with Crippen LogP contribution < -0.4 is 5.32 Å². The van der Waals surface area contributed by atoms with Gasteiger partial charge < -0.3 is 5.32 Å². The van der Waals surface area contributed by atoms with Crippen LogP contribution in [0.4, 0.5) is 0 Å². The molecule has 0 saturated heterocycles. The van der Waals surface area contributed by atoms with Gasteiger partial charge in [0, 0.05) is 25.4 Å². The van der Waals surface area contributed by atoms with E-state index in [-0.39, 0.29) is 0 Å². The van der Waals surface area contributed by atoms with E-state index in [0.717, 1.165) is 35.3 Å². The molecule has 0 aliphatic rings. The maximum atomic E-state index is 5.87. The third kappa shape index (κ3) is 3.75. The van der Waals surface area contributed by atoms with Crippen molar-refractivity contribution in [3.05, 3.63) is 34.6 Å². The first-order valence-electron chi connectivity index (χ1n) is 6.64.